The Hall–Kier alpha value is -1.20. The lowest BCUT2D eigenvalue weighted by atomic mass is 10.3. The van der Waals surface area contributed by atoms with Gasteiger partial charge in [-0.05, 0) is 39.7 Å². The summed E-state index contributed by atoms with van der Waals surface area (Å²) in [5.41, 5.74) is 1.04. The predicted octanol–water partition coefficient (Wildman–Crippen LogP) is 2.94. The Balaban J connectivity index is 1.92. The third kappa shape index (κ3) is 3.64. The summed E-state index contributed by atoms with van der Waals surface area (Å²) in [4.78, 5) is 12.2. The highest BCUT2D eigenvalue weighted by atomic mass is 79.9. The van der Waals surface area contributed by atoms with E-state index in [1.165, 1.54) is 0 Å². The maximum atomic E-state index is 5.72. The Labute approximate surface area is 113 Å². The highest BCUT2D eigenvalue weighted by Gasteiger charge is 2.03. The van der Waals surface area contributed by atoms with Gasteiger partial charge in [0.1, 0.15) is 5.82 Å². The van der Waals surface area contributed by atoms with E-state index < -0.39 is 0 Å². The van der Waals surface area contributed by atoms with E-state index >= 15 is 0 Å². The molecule has 0 bridgehead atoms. The van der Waals surface area contributed by atoms with Crippen molar-refractivity contribution in [3.8, 4) is 0 Å². The first-order valence-electron chi connectivity index (χ1n) is 5.07. The SMILES string of the molecule is Clc1ncc(Br)c(NCCc2ccccn2)n1. The van der Waals surface area contributed by atoms with Gasteiger partial charge in [0.05, 0.1) is 4.47 Å². The second-order valence-corrected chi connectivity index (χ2v) is 4.53. The van der Waals surface area contributed by atoms with Crippen LogP contribution in [0.25, 0.3) is 0 Å². The van der Waals surface area contributed by atoms with Gasteiger partial charge in [-0.3, -0.25) is 4.98 Å². The third-order valence-corrected chi connectivity index (χ3v) is 2.88. The molecule has 6 heteroatoms. The number of aromatic nitrogens is 3. The summed E-state index contributed by atoms with van der Waals surface area (Å²) in [5.74, 6) is 0.695. The second-order valence-electron chi connectivity index (χ2n) is 3.33. The van der Waals surface area contributed by atoms with Crippen LogP contribution in [0.1, 0.15) is 5.69 Å². The van der Waals surface area contributed by atoms with Crippen LogP contribution in [-0.2, 0) is 6.42 Å². The summed E-state index contributed by atoms with van der Waals surface area (Å²) < 4.78 is 0.794. The molecule has 0 saturated carbocycles. The molecule has 0 atom stereocenters. The molecule has 4 nitrogen and oxygen atoms in total. The average Bonchev–Trinajstić information content (AvgIpc) is 2.35. The molecule has 2 aromatic heterocycles. The van der Waals surface area contributed by atoms with Crippen molar-refractivity contribution in [3.63, 3.8) is 0 Å². The number of anilines is 1. The van der Waals surface area contributed by atoms with Crippen molar-refractivity contribution in [2.75, 3.05) is 11.9 Å². The molecule has 0 spiro atoms. The van der Waals surface area contributed by atoms with Gasteiger partial charge in [-0.25, -0.2) is 4.98 Å². The molecule has 0 aromatic carbocycles. The van der Waals surface area contributed by atoms with E-state index in [0.717, 1.165) is 23.1 Å². The smallest absolute Gasteiger partial charge is 0.224 e. The van der Waals surface area contributed by atoms with Crippen molar-refractivity contribution in [1.29, 1.82) is 0 Å². The Bertz CT molecular complexity index is 492. The van der Waals surface area contributed by atoms with E-state index in [1.807, 2.05) is 18.2 Å². The zero-order chi connectivity index (χ0) is 12.1. The predicted molar refractivity (Wildman–Crippen MR) is 71.2 cm³/mol. The number of hydrogen-bond donors (Lipinski definition) is 1. The molecule has 0 amide bonds. The van der Waals surface area contributed by atoms with E-state index in [9.17, 15) is 0 Å². The standard InChI is InChI=1S/C11H10BrClN4/c12-9-7-16-11(13)17-10(9)15-6-4-8-3-1-2-5-14-8/h1-3,5,7H,4,6H2,(H,15,16,17). The molecule has 0 saturated heterocycles. The van der Waals surface area contributed by atoms with E-state index in [4.69, 9.17) is 11.6 Å². The van der Waals surface area contributed by atoms with Gasteiger partial charge in [-0.1, -0.05) is 6.07 Å². The molecule has 0 aliphatic heterocycles. The first-order chi connectivity index (χ1) is 8.25. The van der Waals surface area contributed by atoms with Crippen molar-refractivity contribution in [2.45, 2.75) is 6.42 Å². The fraction of sp³-hybridized carbons (Fsp3) is 0.182. The van der Waals surface area contributed by atoms with Crippen molar-refractivity contribution in [2.24, 2.45) is 0 Å². The van der Waals surface area contributed by atoms with E-state index in [2.05, 4.69) is 36.2 Å². The van der Waals surface area contributed by atoms with Crippen LogP contribution < -0.4 is 5.32 Å². The van der Waals surface area contributed by atoms with Crippen LogP contribution in [0, 0.1) is 0 Å². The minimum atomic E-state index is 0.230. The van der Waals surface area contributed by atoms with Crippen LogP contribution in [0.5, 0.6) is 0 Å². The molecular formula is C11H10BrClN4. The molecule has 2 heterocycles. The zero-order valence-electron chi connectivity index (χ0n) is 8.90. The summed E-state index contributed by atoms with van der Waals surface area (Å²) in [6.45, 7) is 0.739. The van der Waals surface area contributed by atoms with Crippen LogP contribution in [0.15, 0.2) is 35.1 Å². The Morgan fingerprint density at radius 1 is 1.29 bits per heavy atom. The molecule has 2 aromatic rings. The number of nitrogens with zero attached hydrogens (tertiary/aromatic N) is 3. The van der Waals surface area contributed by atoms with Gasteiger partial charge in [0.2, 0.25) is 5.28 Å². The highest BCUT2D eigenvalue weighted by Crippen LogP contribution is 2.19. The number of halogens is 2. The van der Waals surface area contributed by atoms with Crippen molar-refractivity contribution in [3.05, 3.63) is 46.0 Å². The normalized spacial score (nSPS) is 10.2. The lowest BCUT2D eigenvalue weighted by Gasteiger charge is -2.06. The lowest BCUT2D eigenvalue weighted by molar-refractivity contribution is 0.949. The first kappa shape index (κ1) is 12.3. The maximum Gasteiger partial charge on any atom is 0.224 e. The maximum absolute atomic E-state index is 5.72. The number of pyridine rings is 1. The quantitative estimate of drug-likeness (QED) is 0.882. The summed E-state index contributed by atoms with van der Waals surface area (Å²) in [6.07, 6.45) is 4.24. The van der Waals surface area contributed by atoms with E-state index in [-0.39, 0.29) is 5.28 Å². The van der Waals surface area contributed by atoms with Crippen molar-refractivity contribution >= 4 is 33.3 Å². The van der Waals surface area contributed by atoms with Crippen LogP contribution in [0.3, 0.4) is 0 Å². The largest absolute Gasteiger partial charge is 0.369 e. The molecule has 0 unspecified atom stereocenters. The number of nitrogens with one attached hydrogen (secondary N) is 1. The van der Waals surface area contributed by atoms with Crippen LogP contribution in [0.4, 0.5) is 5.82 Å². The van der Waals surface area contributed by atoms with Gasteiger partial charge in [-0.2, -0.15) is 4.98 Å². The first-order valence-corrected chi connectivity index (χ1v) is 6.24. The number of rotatable bonds is 4. The fourth-order valence-corrected chi connectivity index (χ4v) is 1.79. The molecular weight excluding hydrogens is 304 g/mol. The molecule has 0 aliphatic rings. The molecule has 1 N–H and O–H groups in total. The second kappa shape index (κ2) is 5.93. The molecule has 17 heavy (non-hydrogen) atoms. The molecule has 88 valence electrons. The van der Waals surface area contributed by atoms with Crippen molar-refractivity contribution in [1.82, 2.24) is 15.0 Å². The molecule has 2 rings (SSSR count). The summed E-state index contributed by atoms with van der Waals surface area (Å²) in [5, 5.41) is 3.41. The minimum absolute atomic E-state index is 0.230. The monoisotopic (exact) mass is 312 g/mol. The van der Waals surface area contributed by atoms with E-state index in [0.29, 0.717) is 5.82 Å². The lowest BCUT2D eigenvalue weighted by Crippen LogP contribution is -2.08. The Kier molecular flexibility index (Phi) is 4.28. The van der Waals surface area contributed by atoms with Crippen LogP contribution in [0.2, 0.25) is 5.28 Å². The van der Waals surface area contributed by atoms with Gasteiger partial charge < -0.3 is 5.32 Å². The Morgan fingerprint density at radius 3 is 2.94 bits per heavy atom. The average molecular weight is 314 g/mol. The van der Waals surface area contributed by atoms with E-state index in [1.54, 1.807) is 12.4 Å². The van der Waals surface area contributed by atoms with Gasteiger partial charge in [0.15, 0.2) is 0 Å². The molecule has 0 aliphatic carbocycles. The highest BCUT2D eigenvalue weighted by molar-refractivity contribution is 9.10. The van der Waals surface area contributed by atoms with Crippen LogP contribution in [-0.4, -0.2) is 21.5 Å². The topological polar surface area (TPSA) is 50.7 Å². The molecule has 0 fully saturated rings. The third-order valence-electron chi connectivity index (χ3n) is 2.11. The Morgan fingerprint density at radius 2 is 2.18 bits per heavy atom. The summed E-state index contributed by atoms with van der Waals surface area (Å²) in [6, 6.07) is 5.86. The van der Waals surface area contributed by atoms with Crippen molar-refractivity contribution < 1.29 is 0 Å². The van der Waals surface area contributed by atoms with Gasteiger partial charge in [-0.15, -0.1) is 0 Å². The zero-order valence-corrected chi connectivity index (χ0v) is 11.2. The van der Waals surface area contributed by atoms with Gasteiger partial charge >= 0.3 is 0 Å². The summed E-state index contributed by atoms with van der Waals surface area (Å²) >= 11 is 9.07. The minimum Gasteiger partial charge on any atom is -0.369 e. The van der Waals surface area contributed by atoms with Gasteiger partial charge in [0, 0.05) is 31.1 Å². The van der Waals surface area contributed by atoms with Gasteiger partial charge in [0.25, 0.3) is 0 Å². The van der Waals surface area contributed by atoms with Crippen LogP contribution >= 0.6 is 27.5 Å². The summed E-state index contributed by atoms with van der Waals surface area (Å²) in [7, 11) is 0. The molecule has 0 radical (unpaired) electrons. The number of hydrogen-bond acceptors (Lipinski definition) is 4. The fourth-order valence-electron chi connectivity index (χ4n) is 1.32.